The molecule has 1 aliphatic heterocycles. The number of Topliss-reactive ketones (excluding diaryl/α,β-unsaturated/α-hetero) is 1. The maximum atomic E-state index is 14.9. The van der Waals surface area contributed by atoms with Crippen LogP contribution in [0.4, 0.5) is 17.6 Å². The summed E-state index contributed by atoms with van der Waals surface area (Å²) in [5.74, 6) is -2.25. The lowest BCUT2D eigenvalue weighted by Gasteiger charge is -2.47. The Labute approximate surface area is 175 Å². The van der Waals surface area contributed by atoms with E-state index in [0.29, 0.717) is 19.3 Å². The molecule has 1 saturated carbocycles. The van der Waals surface area contributed by atoms with Gasteiger partial charge in [0.05, 0.1) is 12.0 Å². The van der Waals surface area contributed by atoms with Crippen LogP contribution >= 0.6 is 9.24 Å². The predicted octanol–water partition coefficient (Wildman–Crippen LogP) is 5.17. The number of fused-ring (bicyclic) bond motifs is 3. The Kier molecular flexibility index (Phi) is 6.54. The van der Waals surface area contributed by atoms with Gasteiger partial charge in [0.25, 0.3) is 5.66 Å². The van der Waals surface area contributed by atoms with E-state index in [0.717, 1.165) is 18.6 Å². The number of alkyl halides is 2. The van der Waals surface area contributed by atoms with Gasteiger partial charge in [-0.2, -0.15) is 8.78 Å². The van der Waals surface area contributed by atoms with Crippen LogP contribution in [0.15, 0.2) is 36.4 Å². The molecule has 8 heteroatoms. The van der Waals surface area contributed by atoms with Crippen molar-refractivity contribution in [3.05, 3.63) is 64.7 Å². The highest BCUT2D eigenvalue weighted by Gasteiger charge is 2.54. The molecule has 2 aromatic carbocycles. The van der Waals surface area contributed by atoms with Crippen LogP contribution in [0, 0.1) is 17.6 Å². The first-order valence-electron chi connectivity index (χ1n) is 9.76. The number of hydrogen-bond donors (Lipinski definition) is 1. The zero-order valence-electron chi connectivity index (χ0n) is 16.6. The van der Waals surface area contributed by atoms with Crippen LogP contribution in [-0.2, 0) is 11.1 Å². The van der Waals surface area contributed by atoms with Gasteiger partial charge in [0.15, 0.2) is 17.3 Å². The Morgan fingerprint density at radius 1 is 1.10 bits per heavy atom. The van der Waals surface area contributed by atoms with Gasteiger partial charge in [-0.25, -0.2) is 8.78 Å². The summed E-state index contributed by atoms with van der Waals surface area (Å²) < 4.78 is 61.7. The van der Waals surface area contributed by atoms with Crippen LogP contribution in [-0.4, -0.2) is 19.4 Å². The van der Waals surface area contributed by atoms with Gasteiger partial charge in [0, 0.05) is 22.6 Å². The monoisotopic (exact) mass is 441 g/mol. The second-order valence-corrected chi connectivity index (χ2v) is 8.21. The van der Waals surface area contributed by atoms with Crippen molar-refractivity contribution >= 4 is 15.0 Å². The highest BCUT2D eigenvalue weighted by Crippen LogP contribution is 2.53. The van der Waals surface area contributed by atoms with Crippen molar-refractivity contribution in [3.8, 4) is 5.75 Å². The quantitative estimate of drug-likeness (QED) is 0.406. The molecule has 4 rings (SSSR count). The first-order chi connectivity index (χ1) is 14.2. The fourth-order valence-corrected chi connectivity index (χ4v) is 4.78. The van der Waals surface area contributed by atoms with Gasteiger partial charge in [0.2, 0.25) is 0 Å². The largest absolute Gasteiger partial charge is 0.490 e. The van der Waals surface area contributed by atoms with Crippen LogP contribution in [0.3, 0.4) is 0 Å². The Bertz CT molecular complexity index is 930. The van der Waals surface area contributed by atoms with Crippen molar-refractivity contribution in [2.24, 2.45) is 11.7 Å². The van der Waals surface area contributed by atoms with E-state index in [1.807, 2.05) is 0 Å². The number of ether oxygens (including phenoxy) is 1. The molecule has 30 heavy (non-hydrogen) atoms. The predicted molar refractivity (Wildman–Crippen MR) is 110 cm³/mol. The van der Waals surface area contributed by atoms with Crippen LogP contribution < -0.4 is 10.5 Å². The topological polar surface area (TPSA) is 52.3 Å². The average molecular weight is 441 g/mol. The molecule has 2 aliphatic rings. The third kappa shape index (κ3) is 3.74. The van der Waals surface area contributed by atoms with Gasteiger partial charge in [0.1, 0.15) is 5.82 Å². The van der Waals surface area contributed by atoms with Crippen molar-refractivity contribution in [1.29, 1.82) is 0 Å². The molecule has 0 spiro atoms. The molecule has 0 amide bonds. The third-order valence-electron chi connectivity index (χ3n) is 5.94. The normalized spacial score (nSPS) is 22.7. The first kappa shape index (κ1) is 22.7. The summed E-state index contributed by atoms with van der Waals surface area (Å²) in [4.78, 5) is 13.6. The third-order valence-corrected chi connectivity index (χ3v) is 6.27. The number of hydrogen-bond acceptors (Lipinski definition) is 3. The summed E-state index contributed by atoms with van der Waals surface area (Å²) in [6.07, 6.45) is 2.59. The molecule has 3 nitrogen and oxygen atoms in total. The maximum absolute atomic E-state index is 14.9. The van der Waals surface area contributed by atoms with Crippen molar-refractivity contribution in [2.75, 3.05) is 13.7 Å². The lowest BCUT2D eigenvalue weighted by atomic mass is 9.58. The number of rotatable bonds is 3. The molecule has 1 heterocycles. The average Bonchev–Trinajstić information content (AvgIpc) is 2.76. The zero-order valence-corrected chi connectivity index (χ0v) is 17.7. The molecule has 0 saturated heterocycles. The molecule has 1 aliphatic carbocycles. The molecule has 162 valence electrons. The minimum absolute atomic E-state index is 0.0334. The standard InChI is InChI=1S/C21H19F4O2P.CH5N/c22-15-8-9-16(23)18-17(15)20(10-2-1-3-14(20)11-27-18)19(26)12-4-6-13(7-5-12)21(24,25)28;1-2/h4-9,14H,1-3,10-11,28H2;2H2,1H3/t14?,20-;/m0./s1. The van der Waals surface area contributed by atoms with E-state index in [1.54, 1.807) is 0 Å². The van der Waals surface area contributed by atoms with Crippen molar-refractivity contribution in [3.63, 3.8) is 0 Å². The Morgan fingerprint density at radius 3 is 2.37 bits per heavy atom. The van der Waals surface area contributed by atoms with Gasteiger partial charge in [-0.15, -0.1) is 0 Å². The summed E-state index contributed by atoms with van der Waals surface area (Å²) in [6.45, 7) is 0.126. The van der Waals surface area contributed by atoms with Crippen molar-refractivity contribution in [2.45, 2.75) is 36.8 Å². The number of carbonyl (C=O) groups is 1. The van der Waals surface area contributed by atoms with Gasteiger partial charge < -0.3 is 10.5 Å². The van der Waals surface area contributed by atoms with Crippen LogP contribution in [0.1, 0.15) is 47.2 Å². The van der Waals surface area contributed by atoms with E-state index in [1.165, 1.54) is 40.6 Å². The highest BCUT2D eigenvalue weighted by atomic mass is 31.0. The molecule has 2 N–H and O–H groups in total. The number of ketones is 1. The lowest BCUT2D eigenvalue weighted by molar-refractivity contribution is 0.0532. The van der Waals surface area contributed by atoms with Crippen LogP contribution in [0.2, 0.25) is 0 Å². The second-order valence-electron chi connectivity index (χ2n) is 7.49. The Balaban J connectivity index is 0.00000124. The fourth-order valence-electron chi connectivity index (χ4n) is 4.59. The molecular formula is C22H24F4NO2P. The molecule has 0 bridgehead atoms. The molecule has 2 unspecified atom stereocenters. The summed E-state index contributed by atoms with van der Waals surface area (Å²) in [5.41, 5.74) is 0.0863. The van der Waals surface area contributed by atoms with Gasteiger partial charge in [-0.1, -0.05) is 46.3 Å². The van der Waals surface area contributed by atoms with Crippen molar-refractivity contribution in [1.82, 2.24) is 0 Å². The summed E-state index contributed by atoms with van der Waals surface area (Å²) in [6, 6.07) is 7.06. The van der Waals surface area contributed by atoms with E-state index in [4.69, 9.17) is 4.74 Å². The molecule has 0 radical (unpaired) electrons. The number of nitrogens with two attached hydrogens (primary N) is 1. The van der Waals surface area contributed by atoms with E-state index >= 15 is 0 Å². The second kappa shape index (κ2) is 8.64. The van der Waals surface area contributed by atoms with Crippen LogP contribution in [0.5, 0.6) is 5.75 Å². The molecule has 3 atom stereocenters. The van der Waals surface area contributed by atoms with Gasteiger partial charge >= 0.3 is 0 Å². The first-order valence-corrected chi connectivity index (χ1v) is 10.3. The van der Waals surface area contributed by atoms with E-state index in [9.17, 15) is 22.4 Å². The Hall–Kier alpha value is -1.98. The number of carbonyl (C=O) groups excluding carboxylic acids is 1. The van der Waals surface area contributed by atoms with Crippen LogP contribution in [0.25, 0.3) is 0 Å². The molecule has 0 aromatic heterocycles. The van der Waals surface area contributed by atoms with Gasteiger partial charge in [-0.05, 0) is 32.0 Å². The summed E-state index contributed by atoms with van der Waals surface area (Å²) in [5, 5.41) is 0. The van der Waals surface area contributed by atoms with Gasteiger partial charge in [-0.3, -0.25) is 4.79 Å². The molecular weight excluding hydrogens is 417 g/mol. The zero-order chi connectivity index (χ0) is 22.1. The van der Waals surface area contributed by atoms with E-state index < -0.39 is 22.7 Å². The maximum Gasteiger partial charge on any atom is 0.283 e. The van der Waals surface area contributed by atoms with Crippen molar-refractivity contribution < 1.29 is 27.1 Å². The summed E-state index contributed by atoms with van der Waals surface area (Å²) >= 11 is 0. The minimum atomic E-state index is -3.10. The lowest BCUT2D eigenvalue weighted by Crippen LogP contribution is -2.51. The fraction of sp³-hybridized carbons (Fsp3) is 0.409. The SMILES string of the molecule is CN.O=C(c1ccc(C(F)(F)P)cc1)[C@@]12CCCCC1COc1c(F)ccc(F)c12. The number of halogens is 4. The highest BCUT2D eigenvalue weighted by molar-refractivity contribution is 7.17. The van der Waals surface area contributed by atoms with E-state index in [-0.39, 0.29) is 40.7 Å². The molecule has 1 fully saturated rings. The summed E-state index contributed by atoms with van der Waals surface area (Å²) in [7, 11) is 2.95. The number of benzene rings is 2. The van der Waals surface area contributed by atoms with E-state index in [2.05, 4.69) is 5.73 Å². The smallest absolute Gasteiger partial charge is 0.283 e. The Morgan fingerprint density at radius 2 is 1.73 bits per heavy atom. The molecule has 2 aromatic rings. The minimum Gasteiger partial charge on any atom is -0.490 e.